The molecule has 0 saturated carbocycles. The fourth-order valence-electron chi connectivity index (χ4n) is 3.31. The van der Waals surface area contributed by atoms with Crippen molar-refractivity contribution in [1.29, 1.82) is 0 Å². The van der Waals surface area contributed by atoms with E-state index in [0.717, 1.165) is 10.2 Å². The Labute approximate surface area is 203 Å². The first-order valence-corrected chi connectivity index (χ1v) is 10.8. The summed E-state index contributed by atoms with van der Waals surface area (Å²) in [5, 5.41) is 16.8. The number of hydrogen-bond donors (Lipinski definition) is 2. The number of nitrogens with zero attached hydrogens (tertiary/aromatic N) is 2. The zero-order valence-corrected chi connectivity index (χ0v) is 18.8. The molecule has 0 unspecified atom stereocenters. The third kappa shape index (κ3) is 5.82. The average Bonchev–Trinajstić information content (AvgIpc) is 3.28. The third-order valence-electron chi connectivity index (χ3n) is 5.02. The van der Waals surface area contributed by atoms with Gasteiger partial charge in [-0.05, 0) is 35.4 Å². The maximum absolute atomic E-state index is 13.2. The molecule has 0 aliphatic carbocycles. The Morgan fingerprint density at radius 3 is 2.29 bits per heavy atom. The highest BCUT2D eigenvalue weighted by molar-refractivity contribution is 6.32. The van der Waals surface area contributed by atoms with Gasteiger partial charge >= 0.3 is 6.18 Å². The molecule has 1 atom stereocenters. The standard InChI is InChI=1S/C25H19ClF3N3O3/c26-19-8-4-5-9-20(19)32-23(14-21(31-32)25(27,28)29)35-15-22(33)30-18-12-10-17(11-13-18)24(34)16-6-2-1-3-7-16/h1-14,24,34H,15H2,(H,30,33)/t24-/m0/s1. The summed E-state index contributed by atoms with van der Waals surface area (Å²) in [6.45, 7) is -0.568. The molecule has 0 radical (unpaired) electrons. The predicted molar refractivity (Wildman–Crippen MR) is 125 cm³/mol. The van der Waals surface area contributed by atoms with E-state index in [1.165, 1.54) is 12.1 Å². The lowest BCUT2D eigenvalue weighted by molar-refractivity contribution is -0.141. The van der Waals surface area contributed by atoms with Crippen LogP contribution in [0.2, 0.25) is 5.02 Å². The Bertz CT molecular complexity index is 1310. The maximum Gasteiger partial charge on any atom is 0.435 e. The van der Waals surface area contributed by atoms with Gasteiger partial charge in [0.15, 0.2) is 12.3 Å². The van der Waals surface area contributed by atoms with Crippen LogP contribution in [0.5, 0.6) is 5.88 Å². The second-order valence-electron chi connectivity index (χ2n) is 7.50. The van der Waals surface area contributed by atoms with E-state index >= 15 is 0 Å². The monoisotopic (exact) mass is 501 g/mol. The second-order valence-corrected chi connectivity index (χ2v) is 7.91. The van der Waals surface area contributed by atoms with Crippen LogP contribution in [0, 0.1) is 0 Å². The molecule has 0 aliphatic heterocycles. The minimum atomic E-state index is -4.71. The molecule has 1 aromatic heterocycles. The van der Waals surface area contributed by atoms with E-state index < -0.39 is 30.5 Å². The minimum Gasteiger partial charge on any atom is -0.467 e. The molecule has 6 nitrogen and oxygen atoms in total. The van der Waals surface area contributed by atoms with Gasteiger partial charge in [-0.25, -0.2) is 0 Å². The summed E-state index contributed by atoms with van der Waals surface area (Å²) < 4.78 is 45.9. The molecule has 4 rings (SSSR count). The average molecular weight is 502 g/mol. The van der Waals surface area contributed by atoms with Gasteiger partial charge < -0.3 is 15.2 Å². The molecule has 180 valence electrons. The van der Waals surface area contributed by atoms with Crippen molar-refractivity contribution in [3.63, 3.8) is 0 Å². The summed E-state index contributed by atoms with van der Waals surface area (Å²) >= 11 is 6.10. The molecule has 2 N–H and O–H groups in total. The van der Waals surface area contributed by atoms with E-state index in [4.69, 9.17) is 16.3 Å². The Balaban J connectivity index is 1.44. The van der Waals surface area contributed by atoms with Crippen LogP contribution in [0.15, 0.2) is 84.9 Å². The number of carbonyl (C=O) groups is 1. The predicted octanol–water partition coefficient (Wildman–Crippen LogP) is 5.64. The Morgan fingerprint density at radius 1 is 1.00 bits per heavy atom. The van der Waals surface area contributed by atoms with Crippen LogP contribution < -0.4 is 10.1 Å². The quantitative estimate of drug-likeness (QED) is 0.343. The number of anilines is 1. The van der Waals surface area contributed by atoms with Gasteiger partial charge in [0, 0.05) is 11.8 Å². The number of amides is 1. The number of halogens is 4. The van der Waals surface area contributed by atoms with Crippen molar-refractivity contribution in [2.24, 2.45) is 0 Å². The molecule has 0 saturated heterocycles. The van der Waals surface area contributed by atoms with Crippen LogP contribution >= 0.6 is 11.6 Å². The van der Waals surface area contributed by atoms with E-state index in [1.54, 1.807) is 48.5 Å². The first kappa shape index (κ1) is 24.3. The van der Waals surface area contributed by atoms with Crippen molar-refractivity contribution in [3.05, 3.63) is 107 Å². The van der Waals surface area contributed by atoms with Gasteiger partial charge in [-0.1, -0.05) is 66.2 Å². The number of alkyl halides is 3. The van der Waals surface area contributed by atoms with Crippen LogP contribution in [0.1, 0.15) is 22.9 Å². The lowest BCUT2D eigenvalue weighted by Gasteiger charge is -2.13. The number of rotatable bonds is 7. The number of hydrogen-bond acceptors (Lipinski definition) is 4. The number of benzene rings is 3. The molecular weight excluding hydrogens is 483 g/mol. The third-order valence-corrected chi connectivity index (χ3v) is 5.34. The molecule has 3 aromatic carbocycles. The molecule has 4 aromatic rings. The molecule has 0 aliphatic rings. The lowest BCUT2D eigenvalue weighted by atomic mass is 10.0. The van der Waals surface area contributed by atoms with E-state index in [1.807, 2.05) is 18.2 Å². The van der Waals surface area contributed by atoms with Crippen LogP contribution in [-0.4, -0.2) is 27.4 Å². The molecule has 0 spiro atoms. The SMILES string of the molecule is O=C(COc1cc(C(F)(F)F)nn1-c1ccccc1Cl)Nc1ccc([C@@H](O)c2ccccc2)cc1. The van der Waals surface area contributed by atoms with Crippen molar-refractivity contribution in [2.45, 2.75) is 12.3 Å². The van der Waals surface area contributed by atoms with Crippen LogP contribution in [0.4, 0.5) is 18.9 Å². The van der Waals surface area contributed by atoms with Crippen LogP contribution in [0.3, 0.4) is 0 Å². The zero-order valence-electron chi connectivity index (χ0n) is 18.0. The van der Waals surface area contributed by atoms with Crippen molar-refractivity contribution in [3.8, 4) is 11.6 Å². The highest BCUT2D eigenvalue weighted by atomic mass is 35.5. The highest BCUT2D eigenvalue weighted by Gasteiger charge is 2.36. The summed E-state index contributed by atoms with van der Waals surface area (Å²) in [6, 6.07) is 22.5. The Kier molecular flexibility index (Phi) is 7.09. The van der Waals surface area contributed by atoms with Gasteiger partial charge in [0.1, 0.15) is 6.10 Å². The summed E-state index contributed by atoms with van der Waals surface area (Å²) in [5.41, 5.74) is 0.783. The molecule has 0 bridgehead atoms. The van der Waals surface area contributed by atoms with Gasteiger partial charge in [0.25, 0.3) is 5.91 Å². The summed E-state index contributed by atoms with van der Waals surface area (Å²) in [6.07, 6.45) is -5.53. The normalized spacial score (nSPS) is 12.3. The maximum atomic E-state index is 13.2. The Morgan fingerprint density at radius 2 is 1.63 bits per heavy atom. The van der Waals surface area contributed by atoms with Crippen LogP contribution in [0.25, 0.3) is 5.69 Å². The van der Waals surface area contributed by atoms with Gasteiger partial charge in [-0.15, -0.1) is 0 Å². The summed E-state index contributed by atoms with van der Waals surface area (Å²) in [4.78, 5) is 12.4. The number of aromatic nitrogens is 2. The molecule has 35 heavy (non-hydrogen) atoms. The lowest BCUT2D eigenvalue weighted by Crippen LogP contribution is -2.21. The fourth-order valence-corrected chi connectivity index (χ4v) is 3.53. The van der Waals surface area contributed by atoms with Gasteiger partial charge in [0.2, 0.25) is 5.88 Å². The van der Waals surface area contributed by atoms with Crippen molar-refractivity contribution < 1.29 is 27.8 Å². The summed E-state index contributed by atoms with van der Waals surface area (Å²) in [5.74, 6) is -0.885. The fraction of sp³-hybridized carbons (Fsp3) is 0.120. The molecule has 10 heteroatoms. The molecule has 0 fully saturated rings. The molecule has 1 amide bonds. The van der Waals surface area contributed by atoms with E-state index in [2.05, 4.69) is 10.4 Å². The van der Waals surface area contributed by atoms with E-state index in [0.29, 0.717) is 17.3 Å². The molecular formula is C25H19ClF3N3O3. The number of para-hydroxylation sites is 1. The largest absolute Gasteiger partial charge is 0.467 e. The van der Waals surface area contributed by atoms with Crippen molar-refractivity contribution >= 4 is 23.2 Å². The van der Waals surface area contributed by atoms with Gasteiger partial charge in [0.05, 0.1) is 10.7 Å². The van der Waals surface area contributed by atoms with E-state index in [9.17, 15) is 23.1 Å². The number of aliphatic hydroxyl groups is 1. The van der Waals surface area contributed by atoms with E-state index in [-0.39, 0.29) is 16.6 Å². The number of nitrogens with one attached hydrogen (secondary N) is 1. The van der Waals surface area contributed by atoms with Gasteiger partial charge in [-0.3, -0.25) is 4.79 Å². The van der Waals surface area contributed by atoms with Crippen molar-refractivity contribution in [1.82, 2.24) is 9.78 Å². The first-order valence-electron chi connectivity index (χ1n) is 10.4. The number of carbonyl (C=O) groups excluding carboxylic acids is 1. The van der Waals surface area contributed by atoms with Gasteiger partial charge in [-0.2, -0.15) is 23.0 Å². The smallest absolute Gasteiger partial charge is 0.435 e. The highest BCUT2D eigenvalue weighted by Crippen LogP contribution is 2.33. The Hall–Kier alpha value is -3.82. The zero-order chi connectivity index (χ0) is 25.0. The molecule has 1 heterocycles. The topological polar surface area (TPSA) is 76.4 Å². The first-order chi connectivity index (χ1) is 16.7. The number of aliphatic hydroxyl groups excluding tert-OH is 1. The number of ether oxygens (including phenoxy) is 1. The second kappa shape index (κ2) is 10.2. The minimum absolute atomic E-state index is 0.163. The van der Waals surface area contributed by atoms with Crippen LogP contribution in [-0.2, 0) is 11.0 Å². The van der Waals surface area contributed by atoms with Crippen molar-refractivity contribution in [2.75, 3.05) is 11.9 Å². The summed E-state index contributed by atoms with van der Waals surface area (Å²) in [7, 11) is 0.